The predicted molar refractivity (Wildman–Crippen MR) is 121 cm³/mol. The molecule has 0 saturated heterocycles. The highest BCUT2D eigenvalue weighted by molar-refractivity contribution is 7.15. The fourth-order valence-corrected chi connectivity index (χ4v) is 4.33. The van der Waals surface area contributed by atoms with Gasteiger partial charge in [-0.2, -0.15) is 0 Å². The summed E-state index contributed by atoms with van der Waals surface area (Å²) in [6.07, 6.45) is 0.283. The zero-order chi connectivity index (χ0) is 23.1. The number of rotatable bonds is 9. The molecule has 1 aromatic heterocycles. The van der Waals surface area contributed by atoms with Crippen molar-refractivity contribution in [1.29, 1.82) is 0 Å². The first-order valence-corrected chi connectivity index (χ1v) is 11.6. The Hall–Kier alpha value is -3.01. The first-order chi connectivity index (χ1) is 15.5. The summed E-state index contributed by atoms with van der Waals surface area (Å²) in [7, 11) is 0. The minimum absolute atomic E-state index is 0.330. The second-order valence-corrected chi connectivity index (χ2v) is 7.90. The summed E-state index contributed by atoms with van der Waals surface area (Å²) in [5.41, 5.74) is 1.27. The molecule has 2 aromatic rings. The fourth-order valence-electron chi connectivity index (χ4n) is 3.31. The third-order valence-corrected chi connectivity index (χ3v) is 5.65. The Kier molecular flexibility index (Phi) is 8.15. The zero-order valence-electron chi connectivity index (χ0n) is 18.9. The molecule has 0 bridgehead atoms. The number of nitrogens with one attached hydrogen (secondary N) is 1. The van der Waals surface area contributed by atoms with Crippen LogP contribution in [0.3, 0.4) is 0 Å². The lowest BCUT2D eigenvalue weighted by Gasteiger charge is -2.24. The lowest BCUT2D eigenvalue weighted by Crippen LogP contribution is -2.35. The maximum atomic E-state index is 13.0. The van der Waals surface area contributed by atoms with Gasteiger partial charge in [0.2, 0.25) is 5.75 Å². The first-order valence-electron chi connectivity index (χ1n) is 10.8. The summed E-state index contributed by atoms with van der Waals surface area (Å²) in [4.78, 5) is 32.1. The van der Waals surface area contributed by atoms with E-state index < -0.39 is 0 Å². The number of ether oxygens (including phenoxy) is 4. The molecular weight excluding hydrogens is 434 g/mol. The highest BCUT2D eigenvalue weighted by atomic mass is 32.1. The van der Waals surface area contributed by atoms with Crippen LogP contribution in [-0.4, -0.2) is 54.9 Å². The molecule has 0 fully saturated rings. The number of amides is 2. The Bertz CT molecular complexity index is 934. The van der Waals surface area contributed by atoms with E-state index in [9.17, 15) is 9.59 Å². The summed E-state index contributed by atoms with van der Waals surface area (Å²) in [5, 5.41) is 3.34. The summed E-state index contributed by atoms with van der Waals surface area (Å²) in [6, 6.07) is 3.28. The van der Waals surface area contributed by atoms with Crippen molar-refractivity contribution in [1.82, 2.24) is 9.88 Å². The summed E-state index contributed by atoms with van der Waals surface area (Å²) >= 11 is 1.36. The van der Waals surface area contributed by atoms with Gasteiger partial charge in [0, 0.05) is 23.4 Å². The van der Waals surface area contributed by atoms with E-state index >= 15 is 0 Å². The van der Waals surface area contributed by atoms with Crippen molar-refractivity contribution in [2.24, 2.45) is 0 Å². The number of hydrogen-bond acceptors (Lipinski definition) is 8. The Balaban J connectivity index is 1.80. The predicted octanol–water partition coefficient (Wildman–Crippen LogP) is 4.11. The third-order valence-electron chi connectivity index (χ3n) is 4.65. The third kappa shape index (κ3) is 5.42. The molecule has 0 aliphatic carbocycles. The molecule has 32 heavy (non-hydrogen) atoms. The highest BCUT2D eigenvalue weighted by Gasteiger charge is 2.26. The molecule has 9 nitrogen and oxygen atoms in total. The van der Waals surface area contributed by atoms with Gasteiger partial charge in [-0.05, 0) is 39.8 Å². The summed E-state index contributed by atoms with van der Waals surface area (Å²) < 4.78 is 22.2. The number of carbonyl (C=O) groups is 2. The van der Waals surface area contributed by atoms with Crippen molar-refractivity contribution in [3.63, 3.8) is 0 Å². The number of hydrogen-bond donors (Lipinski definition) is 1. The van der Waals surface area contributed by atoms with Crippen molar-refractivity contribution in [3.8, 4) is 17.2 Å². The molecule has 1 aliphatic rings. The van der Waals surface area contributed by atoms with Gasteiger partial charge in [0.15, 0.2) is 16.6 Å². The smallest absolute Gasteiger partial charge is 0.410 e. The lowest BCUT2D eigenvalue weighted by atomic mass is 10.1. The average Bonchev–Trinajstić information content (AvgIpc) is 3.17. The van der Waals surface area contributed by atoms with Gasteiger partial charge < -0.3 is 23.8 Å². The van der Waals surface area contributed by atoms with E-state index in [4.69, 9.17) is 18.9 Å². The second-order valence-electron chi connectivity index (χ2n) is 6.81. The van der Waals surface area contributed by atoms with Gasteiger partial charge in [-0.1, -0.05) is 11.3 Å². The van der Waals surface area contributed by atoms with Crippen LogP contribution < -0.4 is 19.5 Å². The molecule has 1 N–H and O–H groups in total. The van der Waals surface area contributed by atoms with Crippen LogP contribution in [0.4, 0.5) is 9.93 Å². The Morgan fingerprint density at radius 1 is 1.03 bits per heavy atom. The molecule has 0 saturated carbocycles. The number of aromatic nitrogens is 1. The van der Waals surface area contributed by atoms with Gasteiger partial charge in [-0.15, -0.1) is 0 Å². The maximum Gasteiger partial charge on any atom is 0.410 e. The zero-order valence-corrected chi connectivity index (χ0v) is 19.7. The standard InChI is InChI=1S/C22H29N3O6S/c1-5-28-16-11-14(12-17(29-6-2)19(16)30-7-3)20(26)24-21-23-15-9-10-25(13-18(15)32-21)22(27)31-8-4/h11-12H,5-10,13H2,1-4H3,(H,23,24,26). The van der Waals surface area contributed by atoms with Gasteiger partial charge in [0.05, 0.1) is 38.7 Å². The van der Waals surface area contributed by atoms with Crippen molar-refractivity contribution in [3.05, 3.63) is 28.3 Å². The minimum Gasteiger partial charge on any atom is -0.490 e. The Morgan fingerprint density at radius 3 is 2.28 bits per heavy atom. The molecule has 10 heteroatoms. The van der Waals surface area contributed by atoms with Gasteiger partial charge in [0.1, 0.15) is 0 Å². The van der Waals surface area contributed by atoms with Gasteiger partial charge in [0.25, 0.3) is 5.91 Å². The van der Waals surface area contributed by atoms with E-state index in [-0.39, 0.29) is 12.0 Å². The van der Waals surface area contributed by atoms with Crippen LogP contribution in [0, 0.1) is 0 Å². The number of fused-ring (bicyclic) bond motifs is 1. The van der Waals surface area contributed by atoms with Crippen molar-refractivity contribution in [2.45, 2.75) is 40.7 Å². The number of nitrogens with zero attached hydrogens (tertiary/aromatic N) is 2. The van der Waals surface area contributed by atoms with Crippen LogP contribution in [-0.2, 0) is 17.7 Å². The topological polar surface area (TPSA) is 99.2 Å². The molecule has 0 radical (unpaired) electrons. The SMILES string of the molecule is CCOC(=O)N1CCc2nc(NC(=O)c3cc(OCC)c(OCC)c(OCC)c3)sc2C1. The van der Waals surface area contributed by atoms with Crippen molar-refractivity contribution >= 4 is 28.5 Å². The molecule has 0 spiro atoms. The molecule has 0 atom stereocenters. The normalized spacial score (nSPS) is 12.7. The van der Waals surface area contributed by atoms with Crippen LogP contribution in [0.2, 0.25) is 0 Å². The molecule has 2 amide bonds. The fraction of sp³-hybridized carbons (Fsp3) is 0.500. The molecule has 1 aliphatic heterocycles. The van der Waals surface area contributed by atoms with Crippen LogP contribution in [0.1, 0.15) is 48.6 Å². The second kappa shape index (κ2) is 11.0. The molecule has 1 aromatic carbocycles. The van der Waals surface area contributed by atoms with Gasteiger partial charge >= 0.3 is 6.09 Å². The first kappa shape index (κ1) is 23.6. The van der Waals surface area contributed by atoms with E-state index in [1.54, 1.807) is 24.0 Å². The molecule has 174 valence electrons. The quantitative estimate of drug-likeness (QED) is 0.597. The van der Waals surface area contributed by atoms with Crippen LogP contribution in [0.15, 0.2) is 12.1 Å². The number of carbonyl (C=O) groups excluding carboxylic acids is 2. The van der Waals surface area contributed by atoms with Crippen molar-refractivity contribution < 1.29 is 28.5 Å². The largest absolute Gasteiger partial charge is 0.490 e. The van der Waals surface area contributed by atoms with Gasteiger partial charge in [-0.3, -0.25) is 10.1 Å². The van der Waals surface area contributed by atoms with E-state index in [1.165, 1.54) is 11.3 Å². The van der Waals surface area contributed by atoms with Gasteiger partial charge in [-0.25, -0.2) is 9.78 Å². The van der Waals surface area contributed by atoms with E-state index in [0.29, 0.717) is 73.9 Å². The Morgan fingerprint density at radius 2 is 1.69 bits per heavy atom. The maximum absolute atomic E-state index is 13.0. The minimum atomic E-state index is -0.335. The van der Waals surface area contributed by atoms with E-state index in [0.717, 1.165) is 10.6 Å². The van der Waals surface area contributed by atoms with Crippen LogP contribution >= 0.6 is 11.3 Å². The molecule has 3 rings (SSSR count). The molecule has 2 heterocycles. The number of thiazole rings is 1. The molecular formula is C22H29N3O6S. The highest BCUT2D eigenvalue weighted by Crippen LogP contribution is 2.39. The Labute approximate surface area is 191 Å². The number of benzene rings is 1. The number of anilines is 1. The summed E-state index contributed by atoms with van der Waals surface area (Å²) in [6.45, 7) is 9.97. The van der Waals surface area contributed by atoms with E-state index in [1.807, 2.05) is 20.8 Å². The monoisotopic (exact) mass is 463 g/mol. The molecule has 0 unspecified atom stereocenters. The van der Waals surface area contributed by atoms with Crippen molar-refractivity contribution in [2.75, 3.05) is 38.3 Å². The van der Waals surface area contributed by atoms with E-state index in [2.05, 4.69) is 10.3 Å². The lowest BCUT2D eigenvalue weighted by molar-refractivity contribution is 0.102. The van der Waals surface area contributed by atoms with Crippen LogP contribution in [0.25, 0.3) is 0 Å². The van der Waals surface area contributed by atoms with Crippen LogP contribution in [0.5, 0.6) is 17.2 Å². The average molecular weight is 464 g/mol. The summed E-state index contributed by atoms with van der Waals surface area (Å²) in [5.74, 6) is 1.06.